The first-order valence-electron chi connectivity index (χ1n) is 6.30. The van der Waals surface area contributed by atoms with Crippen LogP contribution in [0.4, 0.5) is 0 Å². The average Bonchev–Trinajstić information content (AvgIpc) is 2.32. The molecule has 0 aromatic heterocycles. The van der Waals surface area contributed by atoms with Gasteiger partial charge in [0.2, 0.25) is 0 Å². The summed E-state index contributed by atoms with van der Waals surface area (Å²) in [4.78, 5) is 11.6. The summed E-state index contributed by atoms with van der Waals surface area (Å²) in [7, 11) is 1.44. The fraction of sp³-hybridized carbons (Fsp3) is 0.500. The number of phenolic OH excluding ortho intramolecular Hbond substituents is 1. The first-order valence-corrected chi connectivity index (χ1v) is 6.68. The maximum Gasteiger partial charge on any atom is 0.314 e. The zero-order valence-electron chi connectivity index (χ0n) is 11.0. The maximum atomic E-state index is 11.6. The van der Waals surface area contributed by atoms with Crippen LogP contribution in [0.15, 0.2) is 6.07 Å². The normalized spacial score (nSPS) is 16.8. The zero-order valence-corrected chi connectivity index (χ0v) is 11.8. The molecule has 1 aromatic rings. The minimum atomic E-state index is -1.07. The van der Waals surface area contributed by atoms with E-state index in [9.17, 15) is 15.0 Å². The first-order chi connectivity index (χ1) is 8.97. The average molecular weight is 285 g/mol. The van der Waals surface area contributed by atoms with Gasteiger partial charge in [0.15, 0.2) is 11.5 Å². The number of benzene rings is 1. The molecule has 1 saturated carbocycles. The summed E-state index contributed by atoms with van der Waals surface area (Å²) in [6, 6.07) is 1.66. The molecule has 104 valence electrons. The molecular weight excluding hydrogens is 268 g/mol. The molecule has 0 unspecified atom stereocenters. The molecule has 1 aliphatic rings. The Morgan fingerprint density at radius 1 is 1.53 bits per heavy atom. The van der Waals surface area contributed by atoms with E-state index < -0.39 is 11.4 Å². The SMILES string of the molecule is CCc1cc(OC)c(O)c(C2(C(=O)O)CCC2)c1Cl. The van der Waals surface area contributed by atoms with Crippen LogP contribution in [-0.4, -0.2) is 23.3 Å². The second-order valence-electron chi connectivity index (χ2n) is 4.87. The second-order valence-corrected chi connectivity index (χ2v) is 5.25. The van der Waals surface area contributed by atoms with Crippen molar-refractivity contribution in [3.05, 3.63) is 22.2 Å². The van der Waals surface area contributed by atoms with E-state index in [0.717, 1.165) is 12.0 Å². The summed E-state index contributed by atoms with van der Waals surface area (Å²) in [5.74, 6) is -0.804. The molecule has 0 saturated heterocycles. The zero-order chi connectivity index (χ0) is 14.2. The third kappa shape index (κ3) is 1.94. The standard InChI is InChI=1S/C14H17ClO4/c1-3-8-7-9(19-2)12(16)10(11(8)15)14(13(17)18)5-4-6-14/h7,16H,3-6H2,1-2H3,(H,17,18). The molecule has 0 amide bonds. The summed E-state index contributed by atoms with van der Waals surface area (Å²) < 4.78 is 5.13. The number of hydrogen-bond donors (Lipinski definition) is 2. The smallest absolute Gasteiger partial charge is 0.314 e. The quantitative estimate of drug-likeness (QED) is 0.891. The third-order valence-corrected chi connectivity index (χ3v) is 4.40. The van der Waals surface area contributed by atoms with Crippen molar-refractivity contribution in [3.8, 4) is 11.5 Å². The molecule has 0 aliphatic heterocycles. The topological polar surface area (TPSA) is 66.8 Å². The van der Waals surface area contributed by atoms with E-state index in [-0.39, 0.29) is 11.5 Å². The fourth-order valence-corrected chi connectivity index (χ4v) is 3.09. The van der Waals surface area contributed by atoms with Crippen LogP contribution >= 0.6 is 11.6 Å². The summed E-state index contributed by atoms with van der Waals surface area (Å²) in [5, 5.41) is 20.1. The van der Waals surface area contributed by atoms with E-state index in [2.05, 4.69) is 0 Å². The van der Waals surface area contributed by atoms with Crippen molar-refractivity contribution in [2.24, 2.45) is 0 Å². The molecule has 2 N–H and O–H groups in total. The molecule has 0 radical (unpaired) electrons. The molecule has 5 heteroatoms. The third-order valence-electron chi connectivity index (χ3n) is 3.97. The Morgan fingerprint density at radius 3 is 2.53 bits per heavy atom. The number of ether oxygens (including phenoxy) is 1. The van der Waals surface area contributed by atoms with Gasteiger partial charge in [0.25, 0.3) is 0 Å². The lowest BCUT2D eigenvalue weighted by atomic mass is 9.64. The highest BCUT2D eigenvalue weighted by atomic mass is 35.5. The van der Waals surface area contributed by atoms with E-state index in [1.165, 1.54) is 7.11 Å². The van der Waals surface area contributed by atoms with Crippen LogP contribution in [0.3, 0.4) is 0 Å². The Balaban J connectivity index is 2.71. The van der Waals surface area contributed by atoms with Gasteiger partial charge in [-0.25, -0.2) is 0 Å². The van der Waals surface area contributed by atoms with Crippen LogP contribution in [0.1, 0.15) is 37.3 Å². The Hall–Kier alpha value is -1.42. The van der Waals surface area contributed by atoms with Gasteiger partial charge in [0, 0.05) is 5.56 Å². The lowest BCUT2D eigenvalue weighted by Crippen LogP contribution is -2.42. The number of rotatable bonds is 4. The Bertz CT molecular complexity index is 492. The Morgan fingerprint density at radius 2 is 2.16 bits per heavy atom. The molecule has 2 rings (SSSR count). The van der Waals surface area contributed by atoms with Crippen molar-refractivity contribution >= 4 is 17.6 Å². The lowest BCUT2D eigenvalue weighted by molar-refractivity contribution is -0.147. The number of phenols is 1. The number of methoxy groups -OCH3 is 1. The highest BCUT2D eigenvalue weighted by Gasteiger charge is 2.49. The molecule has 19 heavy (non-hydrogen) atoms. The molecule has 0 spiro atoms. The van der Waals surface area contributed by atoms with Crippen LogP contribution in [-0.2, 0) is 16.6 Å². The van der Waals surface area contributed by atoms with E-state index in [0.29, 0.717) is 29.8 Å². The van der Waals surface area contributed by atoms with Crippen molar-refractivity contribution in [2.45, 2.75) is 38.0 Å². The van der Waals surface area contributed by atoms with Crippen molar-refractivity contribution < 1.29 is 19.7 Å². The van der Waals surface area contributed by atoms with E-state index in [4.69, 9.17) is 16.3 Å². The highest BCUT2D eigenvalue weighted by molar-refractivity contribution is 6.33. The Labute approximate surface area is 117 Å². The van der Waals surface area contributed by atoms with Gasteiger partial charge in [0.05, 0.1) is 17.5 Å². The molecule has 0 bridgehead atoms. The van der Waals surface area contributed by atoms with Crippen LogP contribution in [0.25, 0.3) is 0 Å². The van der Waals surface area contributed by atoms with Gasteiger partial charge in [-0.05, 0) is 30.9 Å². The van der Waals surface area contributed by atoms with Gasteiger partial charge in [-0.15, -0.1) is 0 Å². The van der Waals surface area contributed by atoms with Crippen LogP contribution < -0.4 is 4.74 Å². The number of aromatic hydroxyl groups is 1. The molecule has 4 nitrogen and oxygen atoms in total. The number of aliphatic carboxylic acids is 1. The number of carbonyl (C=O) groups is 1. The van der Waals surface area contributed by atoms with Crippen molar-refractivity contribution in [1.29, 1.82) is 0 Å². The predicted molar refractivity (Wildman–Crippen MR) is 72.2 cm³/mol. The van der Waals surface area contributed by atoms with Gasteiger partial charge in [0.1, 0.15) is 0 Å². The fourth-order valence-electron chi connectivity index (χ4n) is 2.63. The number of carboxylic acid groups (broad SMARTS) is 1. The summed E-state index contributed by atoms with van der Waals surface area (Å²) in [5.41, 5.74) is 0.0301. The summed E-state index contributed by atoms with van der Waals surface area (Å²) in [6.45, 7) is 1.93. The van der Waals surface area contributed by atoms with Crippen molar-refractivity contribution in [3.63, 3.8) is 0 Å². The van der Waals surface area contributed by atoms with Gasteiger partial charge in [-0.2, -0.15) is 0 Å². The van der Waals surface area contributed by atoms with Gasteiger partial charge in [-0.3, -0.25) is 4.79 Å². The molecule has 1 fully saturated rings. The van der Waals surface area contributed by atoms with Crippen LogP contribution in [0, 0.1) is 0 Å². The van der Waals surface area contributed by atoms with Crippen LogP contribution in [0.2, 0.25) is 5.02 Å². The number of aryl methyl sites for hydroxylation is 1. The molecule has 0 heterocycles. The highest BCUT2D eigenvalue weighted by Crippen LogP contribution is 2.53. The van der Waals surface area contributed by atoms with Gasteiger partial charge >= 0.3 is 5.97 Å². The summed E-state index contributed by atoms with van der Waals surface area (Å²) in [6.07, 6.45) is 2.46. The van der Waals surface area contributed by atoms with Gasteiger partial charge in [-0.1, -0.05) is 24.9 Å². The minimum absolute atomic E-state index is 0.146. The largest absolute Gasteiger partial charge is 0.504 e. The first kappa shape index (κ1) is 14.0. The van der Waals surface area contributed by atoms with E-state index in [1.54, 1.807) is 6.07 Å². The monoisotopic (exact) mass is 284 g/mol. The van der Waals surface area contributed by atoms with Crippen molar-refractivity contribution in [1.82, 2.24) is 0 Å². The molecule has 1 aliphatic carbocycles. The molecular formula is C14H17ClO4. The van der Waals surface area contributed by atoms with E-state index in [1.807, 2.05) is 6.92 Å². The van der Waals surface area contributed by atoms with Crippen LogP contribution in [0.5, 0.6) is 11.5 Å². The summed E-state index contributed by atoms with van der Waals surface area (Å²) >= 11 is 6.31. The maximum absolute atomic E-state index is 11.6. The number of hydrogen-bond acceptors (Lipinski definition) is 3. The van der Waals surface area contributed by atoms with Crippen molar-refractivity contribution in [2.75, 3.05) is 7.11 Å². The molecule has 1 aromatic carbocycles. The number of carboxylic acids is 1. The predicted octanol–water partition coefficient (Wildman–Crippen LogP) is 3.12. The van der Waals surface area contributed by atoms with Gasteiger partial charge < -0.3 is 14.9 Å². The van der Waals surface area contributed by atoms with E-state index >= 15 is 0 Å². The minimum Gasteiger partial charge on any atom is -0.504 e. The molecule has 0 atom stereocenters. The second kappa shape index (κ2) is 4.93. The lowest BCUT2D eigenvalue weighted by Gasteiger charge is -2.39. The Kier molecular flexibility index (Phi) is 3.63. The number of halogens is 1.